The average Bonchev–Trinajstić information content (AvgIpc) is 3.60. The van der Waals surface area contributed by atoms with Gasteiger partial charge in [-0.15, -0.1) is 11.3 Å². The standard InChI is InChI=1S/C30H28N4O2S/c35-29(34-14-12-33(13-15-34)20-24-3-2-16-37-24)17-21-6-8-22(9-7-21)25-4-1-5-26(30(25)36)28-18-23-19-31-11-10-27(23)32-28/h1-11,16,18-19,32,36H,12-15,17,20H2. The summed E-state index contributed by atoms with van der Waals surface area (Å²) >= 11 is 1.78. The molecule has 2 aromatic carbocycles. The fraction of sp³-hybridized carbons (Fsp3) is 0.200. The van der Waals surface area contributed by atoms with Crippen LogP contribution in [-0.4, -0.2) is 57.0 Å². The second kappa shape index (κ2) is 10.2. The fourth-order valence-electron chi connectivity index (χ4n) is 4.98. The molecule has 0 saturated carbocycles. The molecule has 0 aliphatic carbocycles. The number of piperazine rings is 1. The van der Waals surface area contributed by atoms with E-state index in [1.54, 1.807) is 23.7 Å². The SMILES string of the molecule is O=C(Cc1ccc(-c2cccc(-c3cc4cnccc4[nH]3)c2O)cc1)N1CCN(Cc2cccs2)CC1. The molecule has 186 valence electrons. The number of fused-ring (bicyclic) bond motifs is 1. The number of phenols is 1. The molecule has 5 aromatic rings. The van der Waals surface area contributed by atoms with Gasteiger partial charge in [0.2, 0.25) is 5.91 Å². The Kier molecular flexibility index (Phi) is 6.47. The van der Waals surface area contributed by atoms with Crippen LogP contribution in [0.3, 0.4) is 0 Å². The Morgan fingerprint density at radius 3 is 2.54 bits per heavy atom. The molecule has 0 radical (unpaired) electrons. The maximum Gasteiger partial charge on any atom is 0.227 e. The molecule has 1 fully saturated rings. The quantitative estimate of drug-likeness (QED) is 0.315. The van der Waals surface area contributed by atoms with Gasteiger partial charge >= 0.3 is 0 Å². The summed E-state index contributed by atoms with van der Waals surface area (Å²) in [7, 11) is 0. The van der Waals surface area contributed by atoms with Crippen molar-refractivity contribution in [3.63, 3.8) is 0 Å². The molecule has 0 atom stereocenters. The molecule has 6 rings (SSSR count). The minimum atomic E-state index is 0.168. The number of pyridine rings is 1. The first-order valence-corrected chi connectivity index (χ1v) is 13.4. The topological polar surface area (TPSA) is 72.5 Å². The third kappa shape index (κ3) is 5.01. The van der Waals surface area contributed by atoms with Gasteiger partial charge in [-0.2, -0.15) is 0 Å². The first-order valence-electron chi connectivity index (χ1n) is 12.5. The number of phenolic OH excluding ortho intramolecular Hbond substituents is 1. The molecule has 3 aromatic heterocycles. The van der Waals surface area contributed by atoms with E-state index in [4.69, 9.17) is 0 Å². The van der Waals surface area contributed by atoms with E-state index in [0.717, 1.165) is 71.6 Å². The van der Waals surface area contributed by atoms with Crippen molar-refractivity contribution in [3.8, 4) is 28.1 Å². The van der Waals surface area contributed by atoms with Gasteiger partial charge in [-0.1, -0.05) is 42.5 Å². The van der Waals surface area contributed by atoms with E-state index in [1.165, 1.54) is 4.88 Å². The summed E-state index contributed by atoms with van der Waals surface area (Å²) in [5.74, 6) is 0.396. The van der Waals surface area contributed by atoms with Crippen LogP contribution < -0.4 is 0 Å². The lowest BCUT2D eigenvalue weighted by Crippen LogP contribution is -2.48. The number of thiophene rings is 1. The number of aromatic amines is 1. The molecule has 37 heavy (non-hydrogen) atoms. The summed E-state index contributed by atoms with van der Waals surface area (Å²) in [4.78, 5) is 26.2. The number of para-hydroxylation sites is 1. The van der Waals surface area contributed by atoms with E-state index in [0.29, 0.717) is 6.42 Å². The van der Waals surface area contributed by atoms with Crippen molar-refractivity contribution in [1.29, 1.82) is 0 Å². The van der Waals surface area contributed by atoms with Gasteiger partial charge in [-0.05, 0) is 40.8 Å². The number of H-pyrrole nitrogens is 1. The molecule has 6 nitrogen and oxygen atoms in total. The highest BCUT2D eigenvalue weighted by Gasteiger charge is 2.21. The third-order valence-electron chi connectivity index (χ3n) is 7.05. The maximum atomic E-state index is 12.9. The Hall–Kier alpha value is -3.94. The summed E-state index contributed by atoms with van der Waals surface area (Å²) in [6, 6.07) is 21.9. The lowest BCUT2D eigenvalue weighted by molar-refractivity contribution is -0.132. The Morgan fingerprint density at radius 1 is 0.973 bits per heavy atom. The smallest absolute Gasteiger partial charge is 0.227 e. The number of hydrogen-bond donors (Lipinski definition) is 2. The van der Waals surface area contributed by atoms with Gasteiger partial charge in [0.1, 0.15) is 5.75 Å². The summed E-state index contributed by atoms with van der Waals surface area (Å²) in [6.07, 6.45) is 3.94. The minimum Gasteiger partial charge on any atom is -0.507 e. The number of rotatable bonds is 6. The fourth-order valence-corrected chi connectivity index (χ4v) is 5.72. The van der Waals surface area contributed by atoms with Crippen LogP contribution in [0.5, 0.6) is 5.75 Å². The predicted octanol–water partition coefficient (Wildman–Crippen LogP) is 5.55. The van der Waals surface area contributed by atoms with E-state index >= 15 is 0 Å². The molecular formula is C30H28N4O2S. The van der Waals surface area contributed by atoms with Crippen LogP contribution in [0.1, 0.15) is 10.4 Å². The van der Waals surface area contributed by atoms with Gasteiger partial charge in [0.25, 0.3) is 0 Å². The first kappa shape index (κ1) is 23.5. The molecule has 0 unspecified atom stereocenters. The van der Waals surface area contributed by atoms with E-state index in [-0.39, 0.29) is 11.7 Å². The van der Waals surface area contributed by atoms with Gasteiger partial charge in [-0.25, -0.2) is 0 Å². The zero-order valence-electron chi connectivity index (χ0n) is 20.4. The van der Waals surface area contributed by atoms with Crippen molar-refractivity contribution in [2.75, 3.05) is 26.2 Å². The molecule has 7 heteroatoms. The molecule has 0 bridgehead atoms. The highest BCUT2D eigenvalue weighted by atomic mass is 32.1. The first-order chi connectivity index (χ1) is 18.1. The number of hydrogen-bond acceptors (Lipinski definition) is 5. The van der Waals surface area contributed by atoms with Gasteiger partial charge in [0, 0.05) is 72.0 Å². The van der Waals surface area contributed by atoms with Crippen molar-refractivity contribution < 1.29 is 9.90 Å². The van der Waals surface area contributed by atoms with Gasteiger partial charge in [-0.3, -0.25) is 14.7 Å². The number of amides is 1. The van der Waals surface area contributed by atoms with Gasteiger partial charge < -0.3 is 15.0 Å². The van der Waals surface area contributed by atoms with Crippen LogP contribution in [0.4, 0.5) is 0 Å². The summed E-state index contributed by atoms with van der Waals surface area (Å²) < 4.78 is 0. The van der Waals surface area contributed by atoms with Crippen LogP contribution in [0, 0.1) is 0 Å². The molecular weight excluding hydrogens is 480 g/mol. The van der Waals surface area contributed by atoms with E-state index in [1.807, 2.05) is 59.5 Å². The number of nitrogens with zero attached hydrogens (tertiary/aromatic N) is 3. The normalized spacial score (nSPS) is 14.3. The second-order valence-electron chi connectivity index (χ2n) is 9.46. The minimum absolute atomic E-state index is 0.168. The third-order valence-corrected chi connectivity index (χ3v) is 7.91. The highest BCUT2D eigenvalue weighted by molar-refractivity contribution is 7.09. The van der Waals surface area contributed by atoms with Crippen molar-refractivity contribution in [2.24, 2.45) is 0 Å². The summed E-state index contributed by atoms with van der Waals surface area (Å²) in [5, 5.41) is 14.2. The molecule has 0 spiro atoms. The highest BCUT2D eigenvalue weighted by Crippen LogP contribution is 2.38. The molecule has 1 amide bonds. The lowest BCUT2D eigenvalue weighted by atomic mass is 9.98. The zero-order valence-corrected chi connectivity index (χ0v) is 21.2. The summed E-state index contributed by atoms with van der Waals surface area (Å²) in [6.45, 7) is 4.32. The van der Waals surface area contributed by atoms with Crippen molar-refractivity contribution in [3.05, 3.63) is 94.9 Å². The van der Waals surface area contributed by atoms with Crippen LogP contribution in [0.2, 0.25) is 0 Å². The monoisotopic (exact) mass is 508 g/mol. The van der Waals surface area contributed by atoms with E-state index in [2.05, 4.69) is 32.4 Å². The largest absolute Gasteiger partial charge is 0.507 e. The van der Waals surface area contributed by atoms with E-state index < -0.39 is 0 Å². The van der Waals surface area contributed by atoms with Crippen LogP contribution >= 0.6 is 11.3 Å². The number of carbonyl (C=O) groups excluding carboxylic acids is 1. The predicted molar refractivity (Wildman–Crippen MR) is 149 cm³/mol. The Morgan fingerprint density at radius 2 is 1.78 bits per heavy atom. The number of aromatic hydroxyl groups is 1. The Bertz CT molecular complexity index is 1480. The number of nitrogens with one attached hydrogen (secondary N) is 1. The Balaban J connectivity index is 1.11. The number of benzene rings is 2. The van der Waals surface area contributed by atoms with Gasteiger partial charge in [0.05, 0.1) is 12.1 Å². The molecule has 4 heterocycles. The number of carbonyl (C=O) groups is 1. The van der Waals surface area contributed by atoms with Crippen molar-refractivity contribution >= 4 is 28.1 Å². The Labute approximate surface area is 219 Å². The molecule has 1 saturated heterocycles. The molecule has 1 aliphatic heterocycles. The average molecular weight is 509 g/mol. The van der Waals surface area contributed by atoms with Gasteiger partial charge in [0.15, 0.2) is 0 Å². The molecule has 1 aliphatic rings. The molecule has 2 N–H and O–H groups in total. The second-order valence-corrected chi connectivity index (χ2v) is 10.5. The van der Waals surface area contributed by atoms with Crippen LogP contribution in [0.25, 0.3) is 33.3 Å². The maximum absolute atomic E-state index is 12.9. The van der Waals surface area contributed by atoms with Crippen LogP contribution in [0.15, 0.2) is 84.5 Å². The number of aromatic nitrogens is 2. The van der Waals surface area contributed by atoms with Crippen LogP contribution in [-0.2, 0) is 17.8 Å². The van der Waals surface area contributed by atoms with Crippen molar-refractivity contribution in [1.82, 2.24) is 19.8 Å². The summed E-state index contributed by atoms with van der Waals surface area (Å²) in [5.41, 5.74) is 5.22. The van der Waals surface area contributed by atoms with E-state index in [9.17, 15) is 9.90 Å². The zero-order chi connectivity index (χ0) is 25.2. The van der Waals surface area contributed by atoms with Crippen molar-refractivity contribution in [2.45, 2.75) is 13.0 Å². The lowest BCUT2D eigenvalue weighted by Gasteiger charge is -2.34.